The second kappa shape index (κ2) is 4.87. The van der Waals surface area contributed by atoms with E-state index < -0.39 is 0 Å². The van der Waals surface area contributed by atoms with Crippen LogP contribution in [0.3, 0.4) is 0 Å². The summed E-state index contributed by atoms with van der Waals surface area (Å²) in [5.74, 6) is 0. The highest BCUT2D eigenvalue weighted by Crippen LogP contribution is 2.22. The molecule has 0 radical (unpaired) electrons. The lowest BCUT2D eigenvalue weighted by atomic mass is 10.2. The van der Waals surface area contributed by atoms with Crippen molar-refractivity contribution in [1.29, 1.82) is 0 Å². The van der Waals surface area contributed by atoms with Crippen LogP contribution in [0.15, 0.2) is 72.8 Å². The van der Waals surface area contributed by atoms with Crippen molar-refractivity contribution in [2.45, 2.75) is 0 Å². The number of aromatic nitrogens is 2. The molecule has 0 aliphatic heterocycles. The Hall–Kier alpha value is -2.94. The molecule has 0 bridgehead atoms. The van der Waals surface area contributed by atoms with Gasteiger partial charge < -0.3 is 5.32 Å². The van der Waals surface area contributed by atoms with Gasteiger partial charge in [0.15, 0.2) is 0 Å². The maximum atomic E-state index is 4.68. The van der Waals surface area contributed by atoms with Crippen LogP contribution in [0.1, 0.15) is 0 Å². The number of para-hydroxylation sites is 3. The summed E-state index contributed by atoms with van der Waals surface area (Å²) in [6.45, 7) is 0. The fraction of sp³-hybridized carbons (Fsp3) is 0. The van der Waals surface area contributed by atoms with Crippen LogP contribution in [-0.2, 0) is 0 Å². The maximum Gasteiger partial charge on any atom is 0.0915 e. The van der Waals surface area contributed by atoms with Crippen LogP contribution in [0.25, 0.3) is 22.1 Å². The average Bonchev–Trinajstić information content (AvgIpc) is 2.54. The fourth-order valence-corrected chi connectivity index (χ4v) is 2.39. The first-order valence-corrected chi connectivity index (χ1v) is 6.87. The lowest BCUT2D eigenvalue weighted by Gasteiger charge is -2.07. The molecule has 0 fully saturated rings. The molecule has 3 heteroatoms. The zero-order valence-corrected chi connectivity index (χ0v) is 11.3. The first-order chi connectivity index (χ1) is 10.4. The standard InChI is InChI=1S/C18H13N3/c1-2-6-13(7-3-1)19-14-10-11-17-18(12-14)21-16-9-5-4-8-15(16)20-17/h1-12,19H. The van der Waals surface area contributed by atoms with Gasteiger partial charge in [0.25, 0.3) is 0 Å². The molecule has 1 heterocycles. The Labute approximate surface area is 122 Å². The number of benzene rings is 3. The largest absolute Gasteiger partial charge is 0.355 e. The molecule has 0 spiro atoms. The Balaban J connectivity index is 1.80. The fourth-order valence-electron chi connectivity index (χ4n) is 2.39. The SMILES string of the molecule is c1ccc(Nc2ccc3nc4ccccc4nc3c2)cc1. The minimum absolute atomic E-state index is 0.898. The molecule has 0 amide bonds. The van der Waals surface area contributed by atoms with Crippen molar-refractivity contribution >= 4 is 33.4 Å². The molecular weight excluding hydrogens is 258 g/mol. The van der Waals surface area contributed by atoms with Crippen LogP contribution >= 0.6 is 0 Å². The molecule has 1 N–H and O–H groups in total. The molecule has 3 nitrogen and oxygen atoms in total. The number of rotatable bonds is 2. The van der Waals surface area contributed by atoms with E-state index in [9.17, 15) is 0 Å². The van der Waals surface area contributed by atoms with Gasteiger partial charge in [-0.15, -0.1) is 0 Å². The Morgan fingerprint density at radius 1 is 0.524 bits per heavy atom. The number of fused-ring (bicyclic) bond motifs is 2. The van der Waals surface area contributed by atoms with Crippen LogP contribution in [0, 0.1) is 0 Å². The van der Waals surface area contributed by atoms with Gasteiger partial charge in [0.1, 0.15) is 0 Å². The molecule has 0 aliphatic rings. The van der Waals surface area contributed by atoms with Crippen molar-refractivity contribution in [2.75, 3.05) is 5.32 Å². The first-order valence-electron chi connectivity index (χ1n) is 6.87. The quantitative estimate of drug-likeness (QED) is 0.544. The minimum Gasteiger partial charge on any atom is -0.355 e. The summed E-state index contributed by atoms with van der Waals surface area (Å²) in [6, 6.07) is 24.1. The lowest BCUT2D eigenvalue weighted by Crippen LogP contribution is -1.92. The van der Waals surface area contributed by atoms with Crippen molar-refractivity contribution in [3.8, 4) is 0 Å². The van der Waals surface area contributed by atoms with E-state index in [0.29, 0.717) is 0 Å². The summed E-state index contributed by atoms with van der Waals surface area (Å²) >= 11 is 0. The van der Waals surface area contributed by atoms with Gasteiger partial charge in [0.05, 0.1) is 22.1 Å². The molecule has 0 aliphatic carbocycles. The van der Waals surface area contributed by atoms with E-state index in [4.69, 9.17) is 0 Å². The second-order valence-corrected chi connectivity index (χ2v) is 4.91. The van der Waals surface area contributed by atoms with E-state index in [1.807, 2.05) is 72.8 Å². The van der Waals surface area contributed by atoms with Crippen LogP contribution in [0.4, 0.5) is 11.4 Å². The Kier molecular flexibility index (Phi) is 2.75. The summed E-state index contributed by atoms with van der Waals surface area (Å²) in [7, 11) is 0. The smallest absolute Gasteiger partial charge is 0.0915 e. The van der Waals surface area contributed by atoms with Crippen LogP contribution in [0.5, 0.6) is 0 Å². The van der Waals surface area contributed by atoms with Crippen LogP contribution in [-0.4, -0.2) is 9.97 Å². The van der Waals surface area contributed by atoms with Gasteiger partial charge in [-0.1, -0.05) is 30.3 Å². The van der Waals surface area contributed by atoms with E-state index >= 15 is 0 Å². The summed E-state index contributed by atoms with van der Waals surface area (Å²) in [5.41, 5.74) is 5.72. The molecule has 0 unspecified atom stereocenters. The molecule has 0 atom stereocenters. The Morgan fingerprint density at radius 2 is 1.14 bits per heavy atom. The number of anilines is 2. The number of hydrogen-bond donors (Lipinski definition) is 1. The van der Waals surface area contributed by atoms with E-state index in [-0.39, 0.29) is 0 Å². The number of hydrogen-bond acceptors (Lipinski definition) is 3. The van der Waals surface area contributed by atoms with Crippen molar-refractivity contribution in [3.05, 3.63) is 72.8 Å². The highest BCUT2D eigenvalue weighted by atomic mass is 14.9. The monoisotopic (exact) mass is 271 g/mol. The van der Waals surface area contributed by atoms with E-state index in [2.05, 4.69) is 15.3 Å². The molecule has 3 aromatic carbocycles. The highest BCUT2D eigenvalue weighted by molar-refractivity contribution is 5.88. The van der Waals surface area contributed by atoms with Crippen molar-refractivity contribution in [2.24, 2.45) is 0 Å². The first kappa shape index (κ1) is 11.9. The minimum atomic E-state index is 0.898. The zero-order valence-electron chi connectivity index (χ0n) is 11.3. The van der Waals surface area contributed by atoms with Crippen LogP contribution in [0.2, 0.25) is 0 Å². The van der Waals surface area contributed by atoms with E-state index in [1.54, 1.807) is 0 Å². The van der Waals surface area contributed by atoms with Gasteiger partial charge in [-0.3, -0.25) is 0 Å². The Morgan fingerprint density at radius 3 is 1.90 bits per heavy atom. The third-order valence-electron chi connectivity index (χ3n) is 3.40. The second-order valence-electron chi connectivity index (χ2n) is 4.91. The van der Waals surface area contributed by atoms with Crippen molar-refractivity contribution in [1.82, 2.24) is 9.97 Å². The predicted molar refractivity (Wildman–Crippen MR) is 86.8 cm³/mol. The van der Waals surface area contributed by atoms with Gasteiger partial charge >= 0.3 is 0 Å². The molecular formula is C18H13N3. The van der Waals surface area contributed by atoms with Gasteiger partial charge in [0.2, 0.25) is 0 Å². The molecule has 100 valence electrons. The molecule has 21 heavy (non-hydrogen) atoms. The van der Waals surface area contributed by atoms with Gasteiger partial charge in [-0.25, -0.2) is 9.97 Å². The average molecular weight is 271 g/mol. The molecule has 4 aromatic rings. The van der Waals surface area contributed by atoms with Crippen molar-refractivity contribution in [3.63, 3.8) is 0 Å². The topological polar surface area (TPSA) is 37.8 Å². The molecule has 0 saturated heterocycles. The predicted octanol–water partition coefficient (Wildman–Crippen LogP) is 4.53. The summed E-state index contributed by atoms with van der Waals surface area (Å²) in [6.07, 6.45) is 0. The number of nitrogens with zero attached hydrogens (tertiary/aromatic N) is 2. The van der Waals surface area contributed by atoms with E-state index in [0.717, 1.165) is 33.4 Å². The summed E-state index contributed by atoms with van der Waals surface area (Å²) in [5, 5.41) is 3.38. The Bertz CT molecular complexity index is 917. The molecule has 1 aromatic heterocycles. The van der Waals surface area contributed by atoms with E-state index in [1.165, 1.54) is 0 Å². The van der Waals surface area contributed by atoms with Gasteiger partial charge in [-0.05, 0) is 42.5 Å². The lowest BCUT2D eigenvalue weighted by molar-refractivity contribution is 1.39. The zero-order chi connectivity index (χ0) is 14.1. The third-order valence-corrected chi connectivity index (χ3v) is 3.40. The summed E-state index contributed by atoms with van der Waals surface area (Å²) in [4.78, 5) is 9.31. The van der Waals surface area contributed by atoms with Crippen molar-refractivity contribution < 1.29 is 0 Å². The van der Waals surface area contributed by atoms with Gasteiger partial charge in [-0.2, -0.15) is 0 Å². The molecule has 4 rings (SSSR count). The normalized spacial score (nSPS) is 10.9. The number of nitrogens with one attached hydrogen (secondary N) is 1. The van der Waals surface area contributed by atoms with Gasteiger partial charge in [0, 0.05) is 11.4 Å². The maximum absolute atomic E-state index is 4.68. The van der Waals surface area contributed by atoms with Crippen LogP contribution < -0.4 is 5.32 Å². The molecule has 0 saturated carbocycles. The third kappa shape index (κ3) is 2.30. The highest BCUT2D eigenvalue weighted by Gasteiger charge is 2.02. The summed E-state index contributed by atoms with van der Waals surface area (Å²) < 4.78 is 0.